The Morgan fingerprint density at radius 1 is 1.38 bits per heavy atom. The Kier molecular flexibility index (Phi) is 2.77. The molecule has 0 radical (unpaired) electrons. The average molecular weight is 225 g/mol. The predicted molar refractivity (Wildman–Crippen MR) is 59.4 cm³/mol. The summed E-state index contributed by atoms with van der Waals surface area (Å²) in [5.41, 5.74) is 5.84. The largest absolute Gasteiger partial charge is 0.370 e. The Hall–Kier alpha value is -1.65. The van der Waals surface area contributed by atoms with Crippen molar-refractivity contribution in [2.24, 2.45) is 10.7 Å². The standard InChI is InChI=1S/C11H13F2N3/c1-6-4-9(13)10(5-8(6)12)16-11(14)15-7-2-3-7/h4-5,7H,2-3H2,1H3,(H3,14,15,16). The van der Waals surface area contributed by atoms with Gasteiger partial charge in [-0.2, -0.15) is 0 Å². The fourth-order valence-electron chi connectivity index (χ4n) is 1.31. The van der Waals surface area contributed by atoms with Crippen molar-refractivity contribution in [2.75, 3.05) is 5.32 Å². The lowest BCUT2D eigenvalue weighted by atomic mass is 10.2. The van der Waals surface area contributed by atoms with Gasteiger partial charge in [0.15, 0.2) is 5.96 Å². The first kappa shape index (κ1) is 10.9. The normalized spacial score (nSPS) is 16.3. The number of nitrogens with zero attached hydrogens (tertiary/aromatic N) is 1. The quantitative estimate of drug-likeness (QED) is 0.598. The van der Waals surface area contributed by atoms with Crippen LogP contribution in [0.5, 0.6) is 0 Å². The van der Waals surface area contributed by atoms with Crippen LogP contribution in [-0.2, 0) is 0 Å². The molecule has 1 saturated carbocycles. The van der Waals surface area contributed by atoms with E-state index in [1.165, 1.54) is 6.92 Å². The maximum Gasteiger partial charge on any atom is 0.193 e. The van der Waals surface area contributed by atoms with Gasteiger partial charge in [0.1, 0.15) is 11.6 Å². The average Bonchev–Trinajstić information content (AvgIpc) is 2.98. The van der Waals surface area contributed by atoms with Crippen LogP contribution in [0.1, 0.15) is 18.4 Å². The van der Waals surface area contributed by atoms with E-state index in [0.717, 1.165) is 25.0 Å². The number of hydrogen-bond donors (Lipinski definition) is 2. The van der Waals surface area contributed by atoms with Gasteiger partial charge in [-0.25, -0.2) is 13.8 Å². The molecule has 0 spiro atoms. The van der Waals surface area contributed by atoms with Gasteiger partial charge in [0, 0.05) is 6.07 Å². The molecule has 1 aliphatic rings. The van der Waals surface area contributed by atoms with Crippen LogP contribution in [0.15, 0.2) is 17.1 Å². The van der Waals surface area contributed by atoms with Crippen molar-refractivity contribution < 1.29 is 8.78 Å². The summed E-state index contributed by atoms with van der Waals surface area (Å²) in [5, 5.41) is 2.56. The summed E-state index contributed by atoms with van der Waals surface area (Å²) in [7, 11) is 0. The molecule has 86 valence electrons. The van der Waals surface area contributed by atoms with Crippen molar-refractivity contribution >= 4 is 11.6 Å². The molecule has 5 heteroatoms. The molecule has 1 aromatic rings. The zero-order chi connectivity index (χ0) is 11.7. The van der Waals surface area contributed by atoms with Gasteiger partial charge in [-0.15, -0.1) is 0 Å². The molecule has 2 rings (SSSR count). The molecule has 0 aromatic heterocycles. The van der Waals surface area contributed by atoms with Crippen molar-refractivity contribution in [2.45, 2.75) is 25.8 Å². The van der Waals surface area contributed by atoms with E-state index >= 15 is 0 Å². The van der Waals surface area contributed by atoms with Crippen LogP contribution in [0, 0.1) is 18.6 Å². The summed E-state index contributed by atoms with van der Waals surface area (Å²) in [6, 6.07) is 2.45. The molecule has 0 bridgehead atoms. The van der Waals surface area contributed by atoms with E-state index in [4.69, 9.17) is 5.73 Å². The summed E-state index contributed by atoms with van der Waals surface area (Å²) in [6.45, 7) is 1.50. The molecule has 0 unspecified atom stereocenters. The van der Waals surface area contributed by atoms with Crippen LogP contribution in [0.25, 0.3) is 0 Å². The van der Waals surface area contributed by atoms with Crippen LogP contribution in [0.3, 0.4) is 0 Å². The minimum atomic E-state index is -0.534. The summed E-state index contributed by atoms with van der Waals surface area (Å²) >= 11 is 0. The lowest BCUT2D eigenvalue weighted by molar-refractivity contribution is 0.596. The number of nitrogens with one attached hydrogen (secondary N) is 1. The van der Waals surface area contributed by atoms with Crippen LogP contribution in [0.2, 0.25) is 0 Å². The highest BCUT2D eigenvalue weighted by atomic mass is 19.1. The zero-order valence-electron chi connectivity index (χ0n) is 8.93. The molecule has 0 atom stereocenters. The molecule has 3 nitrogen and oxygen atoms in total. The smallest absolute Gasteiger partial charge is 0.193 e. The van der Waals surface area contributed by atoms with Crippen LogP contribution >= 0.6 is 0 Å². The molecule has 1 aromatic carbocycles. The molecular weight excluding hydrogens is 212 g/mol. The van der Waals surface area contributed by atoms with Crippen molar-refractivity contribution in [3.8, 4) is 0 Å². The SMILES string of the molecule is Cc1cc(F)c(NC(N)=NC2CC2)cc1F. The topological polar surface area (TPSA) is 50.4 Å². The minimum Gasteiger partial charge on any atom is -0.370 e. The first-order chi connectivity index (χ1) is 7.56. The minimum absolute atomic E-state index is 0.0185. The van der Waals surface area contributed by atoms with Gasteiger partial charge >= 0.3 is 0 Å². The summed E-state index contributed by atoms with van der Waals surface area (Å²) in [4.78, 5) is 4.07. The van der Waals surface area contributed by atoms with Crippen molar-refractivity contribution in [1.29, 1.82) is 0 Å². The highest BCUT2D eigenvalue weighted by molar-refractivity contribution is 5.92. The Bertz CT molecular complexity index is 439. The molecule has 0 aliphatic heterocycles. The molecular formula is C11H13F2N3. The Balaban J connectivity index is 2.17. The third-order valence-corrected chi connectivity index (χ3v) is 2.38. The fraction of sp³-hybridized carbons (Fsp3) is 0.364. The second-order valence-corrected chi connectivity index (χ2v) is 3.95. The summed E-state index contributed by atoms with van der Waals surface area (Å²) in [5.74, 6) is -0.874. The molecule has 16 heavy (non-hydrogen) atoms. The first-order valence-corrected chi connectivity index (χ1v) is 5.12. The lowest BCUT2D eigenvalue weighted by Gasteiger charge is -2.08. The van der Waals surface area contributed by atoms with Crippen molar-refractivity contribution in [1.82, 2.24) is 0 Å². The maximum absolute atomic E-state index is 13.4. The van der Waals surface area contributed by atoms with E-state index in [9.17, 15) is 8.78 Å². The van der Waals surface area contributed by atoms with Gasteiger partial charge in [-0.3, -0.25) is 0 Å². The number of benzene rings is 1. The van der Waals surface area contributed by atoms with Gasteiger partial charge in [-0.1, -0.05) is 0 Å². The van der Waals surface area contributed by atoms with Gasteiger partial charge in [0.05, 0.1) is 11.7 Å². The number of nitrogens with two attached hydrogens (primary N) is 1. The highest BCUT2D eigenvalue weighted by Crippen LogP contribution is 2.24. The van der Waals surface area contributed by atoms with E-state index in [1.807, 2.05) is 0 Å². The Morgan fingerprint density at radius 3 is 2.69 bits per heavy atom. The number of anilines is 1. The third kappa shape index (κ3) is 2.48. The Labute approximate surface area is 92.4 Å². The molecule has 1 fully saturated rings. The Morgan fingerprint density at radius 2 is 2.06 bits per heavy atom. The number of halogens is 2. The first-order valence-electron chi connectivity index (χ1n) is 5.12. The van der Waals surface area contributed by atoms with E-state index in [0.29, 0.717) is 0 Å². The number of hydrogen-bond acceptors (Lipinski definition) is 1. The number of guanidine groups is 1. The number of aryl methyl sites for hydroxylation is 1. The number of rotatable bonds is 2. The van der Waals surface area contributed by atoms with Gasteiger partial charge in [0.2, 0.25) is 0 Å². The van der Waals surface area contributed by atoms with Gasteiger partial charge in [0.25, 0.3) is 0 Å². The van der Waals surface area contributed by atoms with E-state index < -0.39 is 11.6 Å². The monoisotopic (exact) mass is 225 g/mol. The maximum atomic E-state index is 13.4. The van der Waals surface area contributed by atoms with Crippen molar-refractivity contribution in [3.63, 3.8) is 0 Å². The van der Waals surface area contributed by atoms with E-state index in [2.05, 4.69) is 10.3 Å². The van der Waals surface area contributed by atoms with Gasteiger partial charge < -0.3 is 11.1 Å². The molecule has 3 N–H and O–H groups in total. The number of aliphatic imine (C=N–C) groups is 1. The van der Waals surface area contributed by atoms with Crippen LogP contribution in [-0.4, -0.2) is 12.0 Å². The van der Waals surface area contributed by atoms with Gasteiger partial charge in [-0.05, 0) is 31.4 Å². The summed E-state index contributed by atoms with van der Waals surface area (Å²) in [6.07, 6.45) is 2.01. The molecule has 0 heterocycles. The summed E-state index contributed by atoms with van der Waals surface area (Å²) < 4.78 is 26.6. The van der Waals surface area contributed by atoms with E-state index in [1.54, 1.807) is 0 Å². The fourth-order valence-corrected chi connectivity index (χ4v) is 1.31. The molecule has 0 saturated heterocycles. The zero-order valence-corrected chi connectivity index (χ0v) is 8.93. The highest BCUT2D eigenvalue weighted by Gasteiger charge is 2.20. The van der Waals surface area contributed by atoms with Crippen LogP contribution in [0.4, 0.5) is 14.5 Å². The lowest BCUT2D eigenvalue weighted by Crippen LogP contribution is -2.23. The van der Waals surface area contributed by atoms with E-state index in [-0.39, 0.29) is 23.3 Å². The molecule has 1 aliphatic carbocycles. The second-order valence-electron chi connectivity index (χ2n) is 3.95. The second kappa shape index (κ2) is 4.08. The van der Waals surface area contributed by atoms with Crippen molar-refractivity contribution in [3.05, 3.63) is 29.3 Å². The third-order valence-electron chi connectivity index (χ3n) is 2.38. The molecule has 0 amide bonds. The predicted octanol–water partition coefficient (Wildman–Crippen LogP) is 2.16. The van der Waals surface area contributed by atoms with Crippen LogP contribution < -0.4 is 11.1 Å².